The summed E-state index contributed by atoms with van der Waals surface area (Å²) < 4.78 is 0. The van der Waals surface area contributed by atoms with Crippen LogP contribution < -0.4 is 0 Å². The first-order valence-electron chi connectivity index (χ1n) is 4.57. The molecule has 0 aromatic heterocycles. The minimum absolute atomic E-state index is 0.197. The Kier molecular flexibility index (Phi) is 11.7. The number of rotatable bonds is 4. The molecule has 0 bridgehead atoms. The Morgan fingerprint density at radius 3 is 2.33 bits per heavy atom. The van der Waals surface area contributed by atoms with Gasteiger partial charge < -0.3 is 4.90 Å². The van der Waals surface area contributed by atoms with Crippen LogP contribution in [0.25, 0.3) is 0 Å². The first-order valence-corrected chi connectivity index (χ1v) is 4.57. The van der Waals surface area contributed by atoms with E-state index in [0.29, 0.717) is 13.0 Å². The summed E-state index contributed by atoms with van der Waals surface area (Å²) in [5, 5.41) is 0. The molecule has 0 atom stereocenters. The SMILES string of the molecule is C=CCN(C)C(=O)CCC.CC. The Morgan fingerprint density at radius 2 is 2.00 bits per heavy atom. The Labute approximate surface area is 76.3 Å². The fourth-order valence-electron chi connectivity index (χ4n) is 0.700. The molecule has 0 aromatic rings. The van der Waals surface area contributed by atoms with E-state index in [1.807, 2.05) is 20.8 Å². The molecule has 12 heavy (non-hydrogen) atoms. The first kappa shape index (κ1) is 13.8. The minimum atomic E-state index is 0.197. The molecule has 0 heterocycles. The van der Waals surface area contributed by atoms with Gasteiger partial charge in [0.05, 0.1) is 0 Å². The lowest BCUT2D eigenvalue weighted by Crippen LogP contribution is -2.25. The summed E-state index contributed by atoms with van der Waals surface area (Å²) in [6.45, 7) is 10.2. The van der Waals surface area contributed by atoms with E-state index in [2.05, 4.69) is 6.58 Å². The summed E-state index contributed by atoms with van der Waals surface area (Å²) in [5.74, 6) is 0.197. The number of carbonyl (C=O) groups is 1. The largest absolute Gasteiger partial charge is 0.342 e. The van der Waals surface area contributed by atoms with Gasteiger partial charge in [0.15, 0.2) is 0 Å². The molecule has 0 aromatic carbocycles. The lowest BCUT2D eigenvalue weighted by molar-refractivity contribution is -0.129. The quantitative estimate of drug-likeness (QED) is 0.595. The van der Waals surface area contributed by atoms with Crippen LogP contribution in [0.1, 0.15) is 33.6 Å². The highest BCUT2D eigenvalue weighted by atomic mass is 16.2. The summed E-state index contributed by atoms with van der Waals surface area (Å²) >= 11 is 0. The van der Waals surface area contributed by atoms with Gasteiger partial charge in [-0.25, -0.2) is 0 Å². The second-order valence-corrected chi connectivity index (χ2v) is 2.31. The normalized spacial score (nSPS) is 8.00. The van der Waals surface area contributed by atoms with Crippen molar-refractivity contribution >= 4 is 5.91 Å². The maximum absolute atomic E-state index is 11.0. The second-order valence-electron chi connectivity index (χ2n) is 2.31. The molecule has 72 valence electrons. The van der Waals surface area contributed by atoms with Crippen molar-refractivity contribution in [3.8, 4) is 0 Å². The molecule has 0 unspecified atom stereocenters. The molecule has 1 amide bonds. The van der Waals surface area contributed by atoms with Gasteiger partial charge in [0.25, 0.3) is 0 Å². The van der Waals surface area contributed by atoms with Gasteiger partial charge in [-0.1, -0.05) is 26.8 Å². The molecule has 0 saturated carbocycles. The molecule has 0 N–H and O–H groups in total. The summed E-state index contributed by atoms with van der Waals surface area (Å²) in [4.78, 5) is 12.7. The predicted molar refractivity (Wildman–Crippen MR) is 54.1 cm³/mol. The highest BCUT2D eigenvalue weighted by molar-refractivity contribution is 5.75. The molecule has 2 nitrogen and oxygen atoms in total. The van der Waals surface area contributed by atoms with Crippen molar-refractivity contribution in [3.05, 3.63) is 12.7 Å². The topological polar surface area (TPSA) is 20.3 Å². The predicted octanol–water partition coefficient (Wildman–Crippen LogP) is 2.46. The van der Waals surface area contributed by atoms with Gasteiger partial charge in [-0.05, 0) is 6.42 Å². The molecule has 0 saturated heterocycles. The number of nitrogens with zero attached hydrogens (tertiary/aromatic N) is 1. The van der Waals surface area contributed by atoms with E-state index in [1.54, 1.807) is 18.0 Å². The lowest BCUT2D eigenvalue weighted by atomic mass is 10.3. The zero-order chi connectivity index (χ0) is 9.98. The van der Waals surface area contributed by atoms with Gasteiger partial charge in [-0.3, -0.25) is 4.79 Å². The van der Waals surface area contributed by atoms with Crippen LogP contribution in [0, 0.1) is 0 Å². The highest BCUT2D eigenvalue weighted by Crippen LogP contribution is 1.93. The molecular formula is C10H21NO. The first-order chi connectivity index (χ1) is 5.72. The van der Waals surface area contributed by atoms with E-state index in [4.69, 9.17) is 0 Å². The van der Waals surface area contributed by atoms with E-state index in [0.717, 1.165) is 6.42 Å². The molecule has 0 aliphatic carbocycles. The molecule has 0 fully saturated rings. The maximum atomic E-state index is 11.0. The molecule has 0 rings (SSSR count). The van der Waals surface area contributed by atoms with Gasteiger partial charge >= 0.3 is 0 Å². The van der Waals surface area contributed by atoms with E-state index in [1.165, 1.54) is 0 Å². The fourth-order valence-corrected chi connectivity index (χ4v) is 0.700. The Hall–Kier alpha value is -0.790. The third-order valence-corrected chi connectivity index (χ3v) is 1.29. The second kappa shape index (κ2) is 10.2. The van der Waals surface area contributed by atoms with Crippen molar-refractivity contribution in [3.63, 3.8) is 0 Å². The van der Waals surface area contributed by atoms with Gasteiger partial charge in [-0.2, -0.15) is 0 Å². The monoisotopic (exact) mass is 171 g/mol. The van der Waals surface area contributed by atoms with Gasteiger partial charge in [-0.15, -0.1) is 6.58 Å². The number of hydrogen-bond acceptors (Lipinski definition) is 1. The van der Waals surface area contributed by atoms with Crippen molar-refractivity contribution in [2.75, 3.05) is 13.6 Å². The number of amides is 1. The number of carbonyl (C=O) groups excluding carboxylic acids is 1. The standard InChI is InChI=1S/C8H15NO.C2H6/c1-4-6-8(10)9(3)7-5-2;1-2/h5H,2,4,6-7H2,1,3H3;1-2H3. The average Bonchev–Trinajstić information content (AvgIpc) is 2.09. The smallest absolute Gasteiger partial charge is 0.222 e. The summed E-state index contributed by atoms with van der Waals surface area (Å²) in [6, 6.07) is 0. The van der Waals surface area contributed by atoms with Gasteiger partial charge in [0.2, 0.25) is 5.91 Å². The third-order valence-electron chi connectivity index (χ3n) is 1.29. The van der Waals surface area contributed by atoms with Gasteiger partial charge in [0.1, 0.15) is 0 Å². The van der Waals surface area contributed by atoms with Crippen LogP contribution in [0.15, 0.2) is 12.7 Å². The van der Waals surface area contributed by atoms with E-state index in [-0.39, 0.29) is 5.91 Å². The lowest BCUT2D eigenvalue weighted by Gasteiger charge is -2.13. The third kappa shape index (κ3) is 7.32. The number of hydrogen-bond donors (Lipinski definition) is 0. The van der Waals surface area contributed by atoms with Crippen molar-refractivity contribution in [2.24, 2.45) is 0 Å². The van der Waals surface area contributed by atoms with Gasteiger partial charge in [0, 0.05) is 20.0 Å². The van der Waals surface area contributed by atoms with Crippen LogP contribution in [-0.4, -0.2) is 24.4 Å². The van der Waals surface area contributed by atoms with E-state index < -0.39 is 0 Å². The van der Waals surface area contributed by atoms with Crippen LogP contribution in [0.3, 0.4) is 0 Å². The molecule has 0 aliphatic rings. The van der Waals surface area contributed by atoms with Crippen molar-refractivity contribution in [1.82, 2.24) is 4.90 Å². The summed E-state index contributed by atoms with van der Waals surface area (Å²) in [7, 11) is 1.79. The fraction of sp³-hybridized carbons (Fsp3) is 0.700. The van der Waals surface area contributed by atoms with Crippen molar-refractivity contribution < 1.29 is 4.79 Å². The number of likely N-dealkylation sites (N-methyl/N-ethyl adjacent to an activating group) is 1. The highest BCUT2D eigenvalue weighted by Gasteiger charge is 2.03. The molecule has 0 spiro atoms. The summed E-state index contributed by atoms with van der Waals surface area (Å²) in [6.07, 6.45) is 3.29. The van der Waals surface area contributed by atoms with E-state index in [9.17, 15) is 4.79 Å². The maximum Gasteiger partial charge on any atom is 0.222 e. The van der Waals surface area contributed by atoms with E-state index >= 15 is 0 Å². The van der Waals surface area contributed by atoms with Crippen LogP contribution >= 0.6 is 0 Å². The molecule has 2 heteroatoms. The van der Waals surface area contributed by atoms with Crippen LogP contribution in [0.2, 0.25) is 0 Å². The molecule has 0 aliphatic heterocycles. The average molecular weight is 171 g/mol. The minimum Gasteiger partial charge on any atom is -0.342 e. The Morgan fingerprint density at radius 1 is 1.50 bits per heavy atom. The molecule has 0 radical (unpaired) electrons. The van der Waals surface area contributed by atoms with Crippen molar-refractivity contribution in [2.45, 2.75) is 33.6 Å². The van der Waals surface area contributed by atoms with Crippen LogP contribution in [0.4, 0.5) is 0 Å². The zero-order valence-corrected chi connectivity index (χ0v) is 8.76. The Balaban J connectivity index is 0. The van der Waals surface area contributed by atoms with Crippen LogP contribution in [-0.2, 0) is 4.79 Å². The van der Waals surface area contributed by atoms with Crippen LogP contribution in [0.5, 0.6) is 0 Å². The van der Waals surface area contributed by atoms with Crippen molar-refractivity contribution in [1.29, 1.82) is 0 Å². The Bertz CT molecular complexity index is 121. The summed E-state index contributed by atoms with van der Waals surface area (Å²) in [5.41, 5.74) is 0. The molecular weight excluding hydrogens is 150 g/mol. The zero-order valence-electron chi connectivity index (χ0n) is 8.76.